The van der Waals surface area contributed by atoms with Crippen LogP contribution >= 0.6 is 20.6 Å². The molecule has 0 aromatic heterocycles. The van der Waals surface area contributed by atoms with Crippen LogP contribution in [-0.2, 0) is 9.83 Å². The smallest absolute Gasteiger partial charge is 0.0880 e. The minimum absolute atomic E-state index is 0.686. The van der Waals surface area contributed by atoms with Crippen molar-refractivity contribution in [1.29, 1.82) is 0 Å². The van der Waals surface area contributed by atoms with Gasteiger partial charge in [-0.05, 0) is 6.26 Å². The molecule has 1 nitrogen and oxygen atoms in total. The molecule has 0 aromatic carbocycles. The fourth-order valence-corrected chi connectivity index (χ4v) is 2.59. The highest BCUT2D eigenvalue weighted by atomic mass is 33.5. The molecule has 0 heterocycles. The van der Waals surface area contributed by atoms with Crippen molar-refractivity contribution in [3.63, 3.8) is 0 Å². The highest BCUT2D eigenvalue weighted by Crippen LogP contribution is 2.18. The van der Waals surface area contributed by atoms with Crippen molar-refractivity contribution in [2.45, 2.75) is 0 Å². The van der Waals surface area contributed by atoms with E-state index in [-0.39, 0.29) is 0 Å². The molecule has 38 valence electrons. The monoisotopic (exact) mass is 142 g/mol. The number of hydrogen-bond donors (Lipinski definition) is 0. The van der Waals surface area contributed by atoms with Crippen LogP contribution in [0.2, 0.25) is 0 Å². The summed E-state index contributed by atoms with van der Waals surface area (Å²) in [6.45, 7) is 0. The molecule has 0 saturated carbocycles. The fourth-order valence-electron chi connectivity index (χ4n) is 0.0958. The Kier molecular flexibility index (Phi) is 4.59. The van der Waals surface area contributed by atoms with Gasteiger partial charge in [0.2, 0.25) is 0 Å². The maximum atomic E-state index is 10.1. The molecule has 0 fully saturated rings. The summed E-state index contributed by atoms with van der Waals surface area (Å²) in [6, 6.07) is 0. The highest BCUT2D eigenvalue weighted by Gasteiger charge is 1.82. The van der Waals surface area contributed by atoms with Crippen LogP contribution in [0.4, 0.5) is 0 Å². The van der Waals surface area contributed by atoms with Crippen molar-refractivity contribution in [3.8, 4) is 0 Å². The first-order chi connectivity index (χ1) is 2.77. The van der Waals surface area contributed by atoms with Crippen LogP contribution in [0.3, 0.4) is 0 Å². The van der Waals surface area contributed by atoms with E-state index in [1.807, 2.05) is 6.26 Å². The molecule has 0 aliphatic rings. The Labute approximate surface area is 47.5 Å². The van der Waals surface area contributed by atoms with E-state index in [4.69, 9.17) is 0 Å². The Bertz CT molecular complexity index is 52.8. The Balaban J connectivity index is 2.83. The summed E-state index contributed by atoms with van der Waals surface area (Å²) in [4.78, 5) is 0. The molecule has 0 rings (SSSR count). The van der Waals surface area contributed by atoms with Gasteiger partial charge in [-0.25, -0.2) is 4.21 Å². The van der Waals surface area contributed by atoms with Gasteiger partial charge in [0.1, 0.15) is 0 Å². The van der Waals surface area contributed by atoms with Crippen molar-refractivity contribution in [1.82, 2.24) is 0 Å². The molecule has 1 unspecified atom stereocenters. The van der Waals surface area contributed by atoms with Crippen molar-refractivity contribution in [3.05, 3.63) is 0 Å². The summed E-state index contributed by atoms with van der Waals surface area (Å²) in [7, 11) is 2.22. The molecule has 0 spiro atoms. The molecule has 0 aliphatic carbocycles. The zero-order valence-corrected chi connectivity index (χ0v) is 6.08. The Morgan fingerprint density at radius 3 is 2.17 bits per heavy atom. The predicted octanol–water partition coefficient (Wildman–Crippen LogP) is 1.29. The second-order valence-corrected chi connectivity index (χ2v) is 5.95. The van der Waals surface area contributed by atoms with Crippen molar-refractivity contribution < 1.29 is 4.21 Å². The molecule has 0 aromatic rings. The van der Waals surface area contributed by atoms with Crippen LogP contribution in [0.5, 0.6) is 0 Å². The van der Waals surface area contributed by atoms with E-state index >= 15 is 0 Å². The van der Waals surface area contributed by atoms with Gasteiger partial charge in [0.25, 0.3) is 0 Å². The molecule has 4 heteroatoms. The van der Waals surface area contributed by atoms with E-state index in [2.05, 4.69) is 0 Å². The van der Waals surface area contributed by atoms with Gasteiger partial charge in [-0.15, -0.1) is 0 Å². The molecular formula is C2H6OS3. The third-order valence-electron chi connectivity index (χ3n) is 0.164. The molecule has 1 atom stereocenters. The largest absolute Gasteiger partial charge is 0.247 e. The van der Waals surface area contributed by atoms with Gasteiger partial charge in [0.05, 0.1) is 9.83 Å². The topological polar surface area (TPSA) is 17.1 Å². The van der Waals surface area contributed by atoms with E-state index in [0.29, 0.717) is 0 Å². The lowest BCUT2D eigenvalue weighted by atomic mass is 12.0. The quantitative estimate of drug-likeness (QED) is 0.541. The van der Waals surface area contributed by atoms with Crippen LogP contribution < -0.4 is 0 Å². The maximum Gasteiger partial charge on any atom is 0.0880 e. The highest BCUT2D eigenvalue weighted by molar-refractivity contribution is 9.05. The van der Waals surface area contributed by atoms with E-state index in [0.717, 1.165) is 0 Å². The van der Waals surface area contributed by atoms with Crippen LogP contribution in [0, 0.1) is 0 Å². The van der Waals surface area contributed by atoms with Gasteiger partial charge in [0, 0.05) is 16.1 Å². The van der Waals surface area contributed by atoms with Crippen molar-refractivity contribution in [2.24, 2.45) is 0 Å². The lowest BCUT2D eigenvalue weighted by molar-refractivity contribution is 0.695. The molecule has 0 saturated heterocycles. The molecule has 6 heavy (non-hydrogen) atoms. The van der Waals surface area contributed by atoms with E-state index < -0.39 is 9.83 Å². The SMILES string of the molecule is CSSS(C)=O. The second kappa shape index (κ2) is 4.02. The minimum atomic E-state index is -0.686. The van der Waals surface area contributed by atoms with Gasteiger partial charge in [-0.2, -0.15) is 0 Å². The Hall–Kier alpha value is 0.850. The first-order valence-electron chi connectivity index (χ1n) is 1.32. The first kappa shape index (κ1) is 6.85. The maximum absolute atomic E-state index is 10.1. The molecular weight excluding hydrogens is 136 g/mol. The summed E-state index contributed by atoms with van der Waals surface area (Å²) in [5.41, 5.74) is 0. The van der Waals surface area contributed by atoms with Crippen molar-refractivity contribution in [2.75, 3.05) is 12.5 Å². The van der Waals surface area contributed by atoms with Gasteiger partial charge >= 0.3 is 0 Å². The molecule has 0 radical (unpaired) electrons. The average molecular weight is 142 g/mol. The Morgan fingerprint density at radius 2 is 2.17 bits per heavy atom. The summed E-state index contributed by atoms with van der Waals surface area (Å²) < 4.78 is 10.1. The summed E-state index contributed by atoms with van der Waals surface area (Å²) in [5.74, 6) is 0. The second-order valence-electron chi connectivity index (χ2n) is 0.636. The van der Waals surface area contributed by atoms with Gasteiger partial charge in [-0.1, -0.05) is 10.8 Å². The molecule has 0 N–H and O–H groups in total. The third kappa shape index (κ3) is 4.85. The summed E-state index contributed by atoms with van der Waals surface area (Å²) in [5, 5.41) is 0. The average Bonchev–Trinajstić information content (AvgIpc) is 1.35. The van der Waals surface area contributed by atoms with E-state index in [1.165, 1.54) is 20.6 Å². The van der Waals surface area contributed by atoms with E-state index in [9.17, 15) is 4.21 Å². The number of rotatable bonds is 2. The van der Waals surface area contributed by atoms with Crippen LogP contribution in [-0.4, -0.2) is 16.7 Å². The first-order valence-corrected chi connectivity index (χ1v) is 5.95. The van der Waals surface area contributed by atoms with Crippen LogP contribution in [0.25, 0.3) is 0 Å². The normalized spacial score (nSPS) is 14.3. The third-order valence-corrected chi connectivity index (χ3v) is 4.42. The zero-order valence-electron chi connectivity index (χ0n) is 3.63. The minimum Gasteiger partial charge on any atom is -0.247 e. The summed E-state index contributed by atoms with van der Waals surface area (Å²) in [6.07, 6.45) is 3.58. The van der Waals surface area contributed by atoms with Crippen LogP contribution in [0.15, 0.2) is 0 Å². The molecule has 0 aliphatic heterocycles. The zero-order chi connectivity index (χ0) is 4.99. The molecule has 0 bridgehead atoms. The lowest BCUT2D eigenvalue weighted by Gasteiger charge is -1.81. The number of hydrogen-bond acceptors (Lipinski definition) is 3. The van der Waals surface area contributed by atoms with E-state index in [1.54, 1.807) is 6.26 Å². The predicted molar refractivity (Wildman–Crippen MR) is 35.2 cm³/mol. The molecule has 0 amide bonds. The standard InChI is InChI=1S/C2H6OS3/c1-4-5-6(2)3/h1-2H3. The lowest BCUT2D eigenvalue weighted by Crippen LogP contribution is -1.66. The summed E-state index contributed by atoms with van der Waals surface area (Å²) >= 11 is 0. The van der Waals surface area contributed by atoms with Crippen LogP contribution in [0.1, 0.15) is 0 Å². The Morgan fingerprint density at radius 1 is 1.67 bits per heavy atom. The fraction of sp³-hybridized carbons (Fsp3) is 1.00. The van der Waals surface area contributed by atoms with Gasteiger partial charge < -0.3 is 0 Å². The van der Waals surface area contributed by atoms with Gasteiger partial charge in [0.15, 0.2) is 0 Å². The van der Waals surface area contributed by atoms with Gasteiger partial charge in [-0.3, -0.25) is 0 Å². The van der Waals surface area contributed by atoms with Crippen molar-refractivity contribution >= 4 is 30.5 Å².